The van der Waals surface area contributed by atoms with Crippen molar-refractivity contribution in [3.05, 3.63) is 18.2 Å². The van der Waals surface area contributed by atoms with Crippen molar-refractivity contribution in [1.82, 2.24) is 4.90 Å². The third kappa shape index (κ3) is 4.11. The lowest BCUT2D eigenvalue weighted by molar-refractivity contribution is -0.144. The van der Waals surface area contributed by atoms with Gasteiger partial charge in [-0.05, 0) is 37.6 Å². The standard InChI is InChI=1S/C15H21N3O4/c1-22-13-5-4-11(16)7-12(13)17-14(19)9-18-6-2-3-10(8-18)15(20)21/h4-5,7,10H,2-3,6,8-9,16H2,1H3,(H,17,19)(H,20,21). The summed E-state index contributed by atoms with van der Waals surface area (Å²) in [4.78, 5) is 25.0. The fourth-order valence-corrected chi connectivity index (χ4v) is 2.62. The van der Waals surface area contributed by atoms with E-state index in [4.69, 9.17) is 15.6 Å². The summed E-state index contributed by atoms with van der Waals surface area (Å²) < 4.78 is 5.18. The summed E-state index contributed by atoms with van der Waals surface area (Å²) in [5, 5.41) is 11.8. The lowest BCUT2D eigenvalue weighted by Gasteiger charge is -2.29. The molecular weight excluding hydrogens is 286 g/mol. The van der Waals surface area contributed by atoms with Crippen LogP contribution in [0.25, 0.3) is 0 Å². The van der Waals surface area contributed by atoms with Crippen LogP contribution in [0.3, 0.4) is 0 Å². The highest BCUT2D eigenvalue weighted by molar-refractivity contribution is 5.94. The molecule has 1 aromatic rings. The molecule has 1 heterocycles. The molecule has 7 heteroatoms. The molecule has 0 aliphatic carbocycles. The molecule has 1 fully saturated rings. The number of carbonyl (C=O) groups is 2. The van der Waals surface area contributed by atoms with Crippen molar-refractivity contribution in [1.29, 1.82) is 0 Å². The van der Waals surface area contributed by atoms with Crippen molar-refractivity contribution in [2.75, 3.05) is 37.8 Å². The van der Waals surface area contributed by atoms with Gasteiger partial charge in [0.15, 0.2) is 0 Å². The molecule has 0 aromatic heterocycles. The van der Waals surface area contributed by atoms with Crippen molar-refractivity contribution >= 4 is 23.3 Å². The quantitative estimate of drug-likeness (QED) is 0.701. The zero-order valence-electron chi connectivity index (χ0n) is 12.5. The summed E-state index contributed by atoms with van der Waals surface area (Å²) in [6.07, 6.45) is 1.45. The third-order valence-electron chi connectivity index (χ3n) is 3.72. The Morgan fingerprint density at radius 1 is 1.50 bits per heavy atom. The molecule has 7 nitrogen and oxygen atoms in total. The molecule has 0 saturated carbocycles. The highest BCUT2D eigenvalue weighted by atomic mass is 16.5. The van der Waals surface area contributed by atoms with Crippen LogP contribution in [0, 0.1) is 5.92 Å². The number of hydrogen-bond donors (Lipinski definition) is 3. The van der Waals surface area contributed by atoms with Gasteiger partial charge < -0.3 is 20.9 Å². The first kappa shape index (κ1) is 16.1. The van der Waals surface area contributed by atoms with Crippen LogP contribution in [0.1, 0.15) is 12.8 Å². The molecule has 0 bridgehead atoms. The molecule has 1 atom stereocenters. The van der Waals surface area contributed by atoms with Gasteiger partial charge in [0.25, 0.3) is 0 Å². The minimum Gasteiger partial charge on any atom is -0.495 e. The monoisotopic (exact) mass is 307 g/mol. The Hall–Kier alpha value is -2.28. The zero-order valence-corrected chi connectivity index (χ0v) is 12.5. The molecule has 1 amide bonds. The van der Waals surface area contributed by atoms with Crippen molar-refractivity contribution in [2.24, 2.45) is 5.92 Å². The number of carboxylic acids is 1. The second kappa shape index (κ2) is 7.13. The lowest BCUT2D eigenvalue weighted by atomic mass is 9.98. The summed E-state index contributed by atoms with van der Waals surface area (Å²) in [5.41, 5.74) is 6.75. The SMILES string of the molecule is COc1ccc(N)cc1NC(=O)CN1CCCC(C(=O)O)C1. The highest BCUT2D eigenvalue weighted by Crippen LogP contribution is 2.26. The normalized spacial score (nSPS) is 18.7. The van der Waals surface area contributed by atoms with Gasteiger partial charge in [0.2, 0.25) is 5.91 Å². The van der Waals surface area contributed by atoms with Crippen LogP contribution in [0.4, 0.5) is 11.4 Å². The molecule has 0 radical (unpaired) electrons. The Kier molecular flexibility index (Phi) is 5.21. The Morgan fingerprint density at radius 3 is 2.95 bits per heavy atom. The average Bonchev–Trinajstić information content (AvgIpc) is 2.47. The fourth-order valence-electron chi connectivity index (χ4n) is 2.62. The number of nitrogen functional groups attached to an aromatic ring is 1. The van der Waals surface area contributed by atoms with Gasteiger partial charge in [-0.3, -0.25) is 14.5 Å². The van der Waals surface area contributed by atoms with Crippen molar-refractivity contribution in [2.45, 2.75) is 12.8 Å². The molecule has 1 aromatic carbocycles. The van der Waals surface area contributed by atoms with E-state index >= 15 is 0 Å². The van der Waals surface area contributed by atoms with Gasteiger partial charge in [0.1, 0.15) is 5.75 Å². The van der Waals surface area contributed by atoms with Gasteiger partial charge in [-0.2, -0.15) is 0 Å². The van der Waals surface area contributed by atoms with Crippen molar-refractivity contribution in [3.8, 4) is 5.75 Å². The smallest absolute Gasteiger partial charge is 0.307 e. The molecule has 22 heavy (non-hydrogen) atoms. The van der Waals surface area contributed by atoms with E-state index in [-0.39, 0.29) is 12.5 Å². The second-order valence-corrected chi connectivity index (χ2v) is 5.42. The van der Waals surface area contributed by atoms with E-state index in [9.17, 15) is 9.59 Å². The number of nitrogens with one attached hydrogen (secondary N) is 1. The van der Waals surface area contributed by atoms with Crippen LogP contribution in [0.2, 0.25) is 0 Å². The maximum absolute atomic E-state index is 12.1. The number of methoxy groups -OCH3 is 1. The summed E-state index contributed by atoms with van der Waals surface area (Å²) in [5.74, 6) is -0.884. The number of carboxylic acid groups (broad SMARTS) is 1. The number of amides is 1. The van der Waals surface area contributed by atoms with Gasteiger partial charge in [-0.25, -0.2) is 0 Å². The molecule has 1 aliphatic rings. The van der Waals surface area contributed by atoms with Crippen LogP contribution < -0.4 is 15.8 Å². The number of ether oxygens (including phenoxy) is 1. The number of likely N-dealkylation sites (tertiary alicyclic amines) is 1. The molecule has 1 saturated heterocycles. The maximum Gasteiger partial charge on any atom is 0.307 e. The number of aliphatic carboxylic acids is 1. The van der Waals surface area contributed by atoms with Crippen LogP contribution in [0.15, 0.2) is 18.2 Å². The van der Waals surface area contributed by atoms with Crippen LogP contribution in [-0.2, 0) is 9.59 Å². The Bertz CT molecular complexity index is 562. The summed E-state index contributed by atoms with van der Waals surface area (Å²) in [6.45, 7) is 1.28. The molecule has 0 spiro atoms. The summed E-state index contributed by atoms with van der Waals surface area (Å²) in [6, 6.07) is 5.01. The van der Waals surface area contributed by atoms with E-state index in [0.29, 0.717) is 30.1 Å². The predicted molar refractivity (Wildman–Crippen MR) is 82.8 cm³/mol. The maximum atomic E-state index is 12.1. The molecule has 1 unspecified atom stereocenters. The number of piperidine rings is 1. The molecule has 1 aliphatic heterocycles. The molecule has 2 rings (SSSR count). The average molecular weight is 307 g/mol. The number of anilines is 2. The number of benzene rings is 1. The predicted octanol–water partition coefficient (Wildman–Crippen LogP) is 1.01. The molecule has 4 N–H and O–H groups in total. The Labute approximate surface area is 129 Å². The first-order valence-electron chi connectivity index (χ1n) is 7.18. The fraction of sp³-hybridized carbons (Fsp3) is 0.467. The van der Waals surface area contributed by atoms with Crippen LogP contribution in [-0.4, -0.2) is 48.6 Å². The van der Waals surface area contributed by atoms with E-state index in [1.54, 1.807) is 18.2 Å². The van der Waals surface area contributed by atoms with Crippen molar-refractivity contribution in [3.63, 3.8) is 0 Å². The second-order valence-electron chi connectivity index (χ2n) is 5.42. The first-order valence-corrected chi connectivity index (χ1v) is 7.18. The minimum atomic E-state index is -0.803. The zero-order chi connectivity index (χ0) is 16.1. The third-order valence-corrected chi connectivity index (χ3v) is 3.72. The van der Waals surface area contributed by atoms with Crippen LogP contribution >= 0.6 is 0 Å². The van der Waals surface area contributed by atoms with Gasteiger partial charge >= 0.3 is 5.97 Å². The molecule has 120 valence electrons. The number of nitrogens with two attached hydrogens (primary N) is 1. The van der Waals surface area contributed by atoms with Gasteiger partial charge in [-0.15, -0.1) is 0 Å². The van der Waals surface area contributed by atoms with Crippen molar-refractivity contribution < 1.29 is 19.4 Å². The number of nitrogens with zero attached hydrogens (tertiary/aromatic N) is 1. The van der Waals surface area contributed by atoms with E-state index < -0.39 is 11.9 Å². The Morgan fingerprint density at radius 2 is 2.27 bits per heavy atom. The number of hydrogen-bond acceptors (Lipinski definition) is 5. The van der Waals surface area contributed by atoms with E-state index in [2.05, 4.69) is 5.32 Å². The van der Waals surface area contributed by atoms with E-state index in [0.717, 1.165) is 13.0 Å². The lowest BCUT2D eigenvalue weighted by Crippen LogP contribution is -2.42. The number of rotatable bonds is 5. The van der Waals surface area contributed by atoms with Gasteiger partial charge in [-0.1, -0.05) is 0 Å². The topological polar surface area (TPSA) is 105 Å². The molecular formula is C15H21N3O4. The summed E-state index contributed by atoms with van der Waals surface area (Å²) >= 11 is 0. The number of carbonyl (C=O) groups excluding carboxylic acids is 1. The highest BCUT2D eigenvalue weighted by Gasteiger charge is 2.26. The van der Waals surface area contributed by atoms with E-state index in [1.807, 2.05) is 4.90 Å². The van der Waals surface area contributed by atoms with Gasteiger partial charge in [0.05, 0.1) is 25.3 Å². The summed E-state index contributed by atoms with van der Waals surface area (Å²) in [7, 11) is 1.52. The Balaban J connectivity index is 1.95. The largest absolute Gasteiger partial charge is 0.495 e. The van der Waals surface area contributed by atoms with Gasteiger partial charge in [0, 0.05) is 12.2 Å². The first-order chi connectivity index (χ1) is 10.5. The minimum absolute atomic E-state index is 0.154. The van der Waals surface area contributed by atoms with E-state index in [1.165, 1.54) is 7.11 Å². The van der Waals surface area contributed by atoms with Crippen LogP contribution in [0.5, 0.6) is 5.75 Å².